The smallest absolute Gasteiger partial charge is 0.161 e. The number of aryl methyl sites for hydroxylation is 1. The molecule has 1 aromatic carbocycles. The molecule has 1 aliphatic carbocycles. The van der Waals surface area contributed by atoms with Crippen LogP contribution in [-0.4, -0.2) is 20.3 Å². The highest BCUT2D eigenvalue weighted by Crippen LogP contribution is 2.37. The van der Waals surface area contributed by atoms with E-state index >= 15 is 0 Å². The fraction of sp³-hybridized carbons (Fsp3) is 0.667. The van der Waals surface area contributed by atoms with Crippen molar-refractivity contribution in [1.29, 1.82) is 0 Å². The zero-order chi connectivity index (χ0) is 15.1. The second-order valence-corrected chi connectivity index (χ2v) is 5.78. The molecule has 0 aromatic heterocycles. The van der Waals surface area contributed by atoms with E-state index in [1.807, 2.05) is 7.05 Å². The Balaban J connectivity index is 2.34. The van der Waals surface area contributed by atoms with Crippen LogP contribution in [0.2, 0.25) is 0 Å². The van der Waals surface area contributed by atoms with Crippen LogP contribution in [0.3, 0.4) is 0 Å². The quantitative estimate of drug-likeness (QED) is 0.762. The summed E-state index contributed by atoms with van der Waals surface area (Å²) in [4.78, 5) is 0. The highest BCUT2D eigenvalue weighted by atomic mass is 16.5. The molecule has 1 unspecified atom stereocenters. The van der Waals surface area contributed by atoms with Crippen molar-refractivity contribution in [2.24, 2.45) is 0 Å². The van der Waals surface area contributed by atoms with Gasteiger partial charge in [0.15, 0.2) is 11.5 Å². The van der Waals surface area contributed by atoms with Gasteiger partial charge in [-0.2, -0.15) is 0 Å². The average molecular weight is 291 g/mol. The number of hydrogen-bond donors (Lipinski definition) is 1. The van der Waals surface area contributed by atoms with Gasteiger partial charge < -0.3 is 14.8 Å². The summed E-state index contributed by atoms with van der Waals surface area (Å²) in [6.45, 7) is 5.75. The van der Waals surface area contributed by atoms with Crippen LogP contribution >= 0.6 is 0 Å². The van der Waals surface area contributed by atoms with Crippen molar-refractivity contribution >= 4 is 0 Å². The highest BCUT2D eigenvalue weighted by molar-refractivity contribution is 5.49. The Bertz CT molecular complexity index is 445. The van der Waals surface area contributed by atoms with Crippen LogP contribution in [-0.2, 0) is 6.42 Å². The molecule has 118 valence electrons. The third kappa shape index (κ3) is 4.13. The van der Waals surface area contributed by atoms with Crippen molar-refractivity contribution in [3.63, 3.8) is 0 Å². The topological polar surface area (TPSA) is 30.5 Å². The number of ether oxygens (including phenoxy) is 2. The van der Waals surface area contributed by atoms with Crippen molar-refractivity contribution in [3.05, 3.63) is 23.3 Å². The van der Waals surface area contributed by atoms with Gasteiger partial charge >= 0.3 is 0 Å². The molecule has 3 nitrogen and oxygen atoms in total. The molecule has 0 aliphatic heterocycles. The van der Waals surface area contributed by atoms with E-state index in [1.165, 1.54) is 30.4 Å². The van der Waals surface area contributed by atoms with Gasteiger partial charge in [0.25, 0.3) is 0 Å². The molecule has 0 amide bonds. The molecule has 1 aliphatic rings. The predicted octanol–water partition coefficient (Wildman–Crippen LogP) is 4.25. The fourth-order valence-electron chi connectivity index (χ4n) is 2.93. The first-order valence-electron chi connectivity index (χ1n) is 8.39. The van der Waals surface area contributed by atoms with Gasteiger partial charge in [-0.05, 0) is 62.4 Å². The predicted molar refractivity (Wildman–Crippen MR) is 87.4 cm³/mol. The molecule has 2 rings (SSSR count). The number of nitrogens with one attached hydrogen (secondary N) is 1. The lowest BCUT2D eigenvalue weighted by Crippen LogP contribution is -2.17. The van der Waals surface area contributed by atoms with Crippen LogP contribution < -0.4 is 14.8 Å². The maximum absolute atomic E-state index is 5.93. The zero-order valence-corrected chi connectivity index (χ0v) is 13.7. The summed E-state index contributed by atoms with van der Waals surface area (Å²) < 4.78 is 11.8. The molecule has 21 heavy (non-hydrogen) atoms. The minimum Gasteiger partial charge on any atom is -0.490 e. The van der Waals surface area contributed by atoms with Crippen molar-refractivity contribution in [2.45, 2.75) is 58.4 Å². The van der Waals surface area contributed by atoms with E-state index in [1.54, 1.807) is 0 Å². The van der Waals surface area contributed by atoms with Crippen molar-refractivity contribution in [2.75, 3.05) is 20.3 Å². The number of benzene rings is 1. The van der Waals surface area contributed by atoms with Crippen LogP contribution in [0, 0.1) is 0 Å². The summed E-state index contributed by atoms with van der Waals surface area (Å²) in [6, 6.07) is 4.86. The van der Waals surface area contributed by atoms with Gasteiger partial charge in [0.2, 0.25) is 0 Å². The Kier molecular flexibility index (Phi) is 6.37. The van der Waals surface area contributed by atoms with Crippen molar-refractivity contribution in [1.82, 2.24) is 5.32 Å². The van der Waals surface area contributed by atoms with E-state index in [9.17, 15) is 0 Å². The number of fused-ring (bicyclic) bond motifs is 1. The molecule has 0 saturated carbocycles. The Morgan fingerprint density at radius 1 is 1.05 bits per heavy atom. The summed E-state index contributed by atoms with van der Waals surface area (Å²) in [5, 5.41) is 3.45. The van der Waals surface area contributed by atoms with E-state index in [0.717, 1.165) is 44.0 Å². The highest BCUT2D eigenvalue weighted by Gasteiger charge is 2.20. The minimum absolute atomic E-state index is 0.437. The second-order valence-electron chi connectivity index (χ2n) is 5.78. The Labute approximate surface area is 129 Å². The van der Waals surface area contributed by atoms with Crippen molar-refractivity contribution < 1.29 is 9.47 Å². The molecular weight excluding hydrogens is 262 g/mol. The standard InChI is InChI=1S/C18H29NO2/c1-4-10-20-17-12-14-8-6-7-9-16(19-3)15(14)13-18(17)21-11-5-2/h12-13,16,19H,4-11H2,1-3H3. The van der Waals surface area contributed by atoms with Crippen LogP contribution in [0.25, 0.3) is 0 Å². The van der Waals surface area contributed by atoms with Crippen molar-refractivity contribution in [3.8, 4) is 11.5 Å². The summed E-state index contributed by atoms with van der Waals surface area (Å²) in [5.74, 6) is 1.83. The van der Waals surface area contributed by atoms with Gasteiger partial charge in [-0.1, -0.05) is 20.3 Å². The molecule has 0 heterocycles. The molecule has 0 bridgehead atoms. The van der Waals surface area contributed by atoms with Gasteiger partial charge in [0, 0.05) is 6.04 Å². The maximum atomic E-state index is 5.93. The van der Waals surface area contributed by atoms with E-state index in [-0.39, 0.29) is 0 Å². The monoisotopic (exact) mass is 291 g/mol. The first kappa shape index (κ1) is 16.2. The second kappa shape index (κ2) is 8.28. The molecule has 1 atom stereocenters. The van der Waals surface area contributed by atoms with Crippen LogP contribution in [0.5, 0.6) is 11.5 Å². The van der Waals surface area contributed by atoms with Crippen LogP contribution in [0.1, 0.15) is 63.1 Å². The van der Waals surface area contributed by atoms with E-state index < -0.39 is 0 Å². The SMILES string of the molecule is CCCOc1cc2c(cc1OCCC)C(NC)CCCC2. The molecular formula is C18H29NO2. The lowest BCUT2D eigenvalue weighted by atomic mass is 9.98. The third-order valence-electron chi connectivity index (χ3n) is 4.04. The van der Waals surface area contributed by atoms with Crippen LogP contribution in [0.4, 0.5) is 0 Å². The first-order chi connectivity index (χ1) is 10.3. The largest absolute Gasteiger partial charge is 0.490 e. The van der Waals surface area contributed by atoms with E-state index in [4.69, 9.17) is 9.47 Å². The van der Waals surface area contributed by atoms with E-state index in [0.29, 0.717) is 6.04 Å². The molecule has 1 aromatic rings. The number of hydrogen-bond acceptors (Lipinski definition) is 3. The minimum atomic E-state index is 0.437. The molecule has 3 heteroatoms. The van der Waals surface area contributed by atoms with Gasteiger partial charge in [-0.15, -0.1) is 0 Å². The molecule has 0 fully saturated rings. The normalized spacial score (nSPS) is 18.0. The molecule has 0 spiro atoms. The summed E-state index contributed by atoms with van der Waals surface area (Å²) >= 11 is 0. The Morgan fingerprint density at radius 3 is 2.33 bits per heavy atom. The molecule has 0 saturated heterocycles. The van der Waals surface area contributed by atoms with Gasteiger partial charge in [0.1, 0.15) is 0 Å². The summed E-state index contributed by atoms with van der Waals surface area (Å²) in [5.41, 5.74) is 2.81. The Morgan fingerprint density at radius 2 is 1.71 bits per heavy atom. The third-order valence-corrected chi connectivity index (χ3v) is 4.04. The van der Waals surface area contributed by atoms with Gasteiger partial charge in [-0.25, -0.2) is 0 Å². The zero-order valence-electron chi connectivity index (χ0n) is 13.7. The van der Waals surface area contributed by atoms with Crippen LogP contribution in [0.15, 0.2) is 12.1 Å². The maximum Gasteiger partial charge on any atom is 0.161 e. The molecule has 0 radical (unpaired) electrons. The average Bonchev–Trinajstić information content (AvgIpc) is 2.71. The first-order valence-corrected chi connectivity index (χ1v) is 8.39. The lowest BCUT2D eigenvalue weighted by molar-refractivity contribution is 0.267. The van der Waals surface area contributed by atoms with E-state index in [2.05, 4.69) is 31.3 Å². The van der Waals surface area contributed by atoms with Gasteiger partial charge in [0.05, 0.1) is 13.2 Å². The number of rotatable bonds is 7. The fourth-order valence-corrected chi connectivity index (χ4v) is 2.93. The lowest BCUT2D eigenvalue weighted by Gasteiger charge is -2.20. The summed E-state index contributed by atoms with van der Waals surface area (Å²) in [7, 11) is 2.05. The molecule has 1 N–H and O–H groups in total. The Hall–Kier alpha value is -1.22. The summed E-state index contributed by atoms with van der Waals surface area (Å²) in [6.07, 6.45) is 6.91. The van der Waals surface area contributed by atoms with Gasteiger partial charge in [-0.3, -0.25) is 0 Å².